The summed E-state index contributed by atoms with van der Waals surface area (Å²) in [5, 5.41) is 43.4. The molecule has 0 aliphatic carbocycles. The van der Waals surface area contributed by atoms with Gasteiger partial charge in [0, 0.05) is 13.5 Å². The van der Waals surface area contributed by atoms with Crippen LogP contribution in [0, 0.1) is 17.8 Å². The highest BCUT2D eigenvalue weighted by atomic mass is 16.4. The third-order valence-electron chi connectivity index (χ3n) is 7.24. The molecule has 6 amide bonds. The summed E-state index contributed by atoms with van der Waals surface area (Å²) in [5.74, 6) is -7.75. The van der Waals surface area contributed by atoms with Crippen LogP contribution in [0.15, 0.2) is 4.99 Å². The number of aliphatic hydroxyl groups excluding tert-OH is 2. The van der Waals surface area contributed by atoms with Crippen molar-refractivity contribution in [2.24, 2.45) is 34.2 Å². The fourth-order valence-electron chi connectivity index (χ4n) is 4.46. The van der Waals surface area contributed by atoms with Gasteiger partial charge in [-0.05, 0) is 37.5 Å². The third-order valence-corrected chi connectivity index (χ3v) is 7.24. The van der Waals surface area contributed by atoms with E-state index in [0.29, 0.717) is 0 Å². The van der Waals surface area contributed by atoms with Crippen LogP contribution in [0.5, 0.6) is 0 Å². The molecule has 0 rings (SSSR count). The number of carbonyl (C=O) groups excluding carboxylic acids is 6. The number of aliphatic carboxylic acids is 1. The Kier molecular flexibility index (Phi) is 19.5. The number of aliphatic imine (C=N–C) groups is 1. The molecule has 0 radical (unpaired) electrons. The predicted octanol–water partition coefficient (Wildman–Crippen LogP) is -3.61. The molecule has 7 atom stereocenters. The Hall–Kier alpha value is -4.52. The van der Waals surface area contributed by atoms with Gasteiger partial charge < -0.3 is 58.7 Å². The van der Waals surface area contributed by atoms with Gasteiger partial charge >= 0.3 is 5.97 Å². The van der Waals surface area contributed by atoms with Crippen molar-refractivity contribution in [1.29, 1.82) is 0 Å². The second-order valence-corrected chi connectivity index (χ2v) is 12.7. The number of nitrogens with zero attached hydrogens (tertiary/aromatic N) is 1. The molecule has 0 spiro atoms. The largest absolute Gasteiger partial charge is 0.480 e. The smallest absolute Gasteiger partial charge is 0.328 e. The van der Waals surface area contributed by atoms with Crippen molar-refractivity contribution in [3.63, 3.8) is 0 Å². The van der Waals surface area contributed by atoms with E-state index in [1.807, 2.05) is 0 Å². The Morgan fingerprint density at radius 1 is 0.612 bits per heavy atom. The first kappa shape index (κ1) is 44.5. The number of carbonyl (C=O) groups is 7. The minimum absolute atomic E-state index is 0.0364. The second-order valence-electron chi connectivity index (χ2n) is 12.7. The molecule has 0 bridgehead atoms. The molecule has 0 aromatic rings. The molecule has 19 nitrogen and oxygen atoms in total. The summed E-state index contributed by atoms with van der Waals surface area (Å²) in [6.45, 7) is 11.6. The zero-order valence-corrected chi connectivity index (χ0v) is 29.4. The van der Waals surface area contributed by atoms with E-state index in [2.05, 4.69) is 36.9 Å². The summed E-state index contributed by atoms with van der Waals surface area (Å²) in [6, 6.07) is -7.86. The monoisotopic (exact) mass is 701 g/mol. The molecule has 0 aliphatic heterocycles. The molecule has 49 heavy (non-hydrogen) atoms. The molecular weight excluding hydrogens is 646 g/mol. The average molecular weight is 702 g/mol. The Morgan fingerprint density at radius 3 is 1.35 bits per heavy atom. The highest BCUT2D eigenvalue weighted by Gasteiger charge is 2.36. The zero-order valence-electron chi connectivity index (χ0n) is 29.4. The number of aliphatic hydroxyl groups is 2. The van der Waals surface area contributed by atoms with E-state index in [4.69, 9.17) is 11.5 Å². The van der Waals surface area contributed by atoms with Crippen LogP contribution in [0.3, 0.4) is 0 Å². The van der Waals surface area contributed by atoms with Gasteiger partial charge in [-0.25, -0.2) is 4.79 Å². The van der Waals surface area contributed by atoms with E-state index in [0.717, 1.165) is 6.92 Å². The standard InChI is InChI=1S/C30H55N9O10/c1-13(2)20(26(45)35-18(10-9-11-33-30(31)32)24(43)39-23(16(7)41)29(48)49)37-28(47)22(15(5)6)38-27(46)21(14(3)4)36-25(44)19(12-40)34-17(8)42/h13-16,18-23,40-41H,9-12H2,1-8H3,(H,34,42)(H,35,45)(H,36,44)(H,37,47)(H,38,46)(H,39,43)(H,48,49)(H4,31,32,33)/t16-,18+,19+,20+,21+,22+,23+/m1/s1. The van der Waals surface area contributed by atoms with E-state index in [-0.39, 0.29) is 25.3 Å². The molecular formula is C30H55N9O10. The van der Waals surface area contributed by atoms with Gasteiger partial charge in [0.2, 0.25) is 35.4 Å². The van der Waals surface area contributed by atoms with Crippen LogP contribution in [0.4, 0.5) is 0 Å². The quantitative estimate of drug-likeness (QED) is 0.0314. The van der Waals surface area contributed by atoms with Crippen LogP contribution in [0.25, 0.3) is 0 Å². The number of rotatable bonds is 21. The summed E-state index contributed by atoms with van der Waals surface area (Å²) in [5.41, 5.74) is 10.7. The Labute approximate surface area is 286 Å². The topological polar surface area (TPSA) is 317 Å². The van der Waals surface area contributed by atoms with E-state index in [9.17, 15) is 48.9 Å². The number of hydrogen-bond acceptors (Lipinski definition) is 10. The van der Waals surface area contributed by atoms with Crippen LogP contribution in [-0.2, 0) is 33.6 Å². The number of carboxylic acids is 1. The van der Waals surface area contributed by atoms with E-state index in [1.165, 1.54) is 6.92 Å². The molecule has 0 heterocycles. The summed E-state index contributed by atoms with van der Waals surface area (Å²) in [4.78, 5) is 92.9. The molecule has 19 heteroatoms. The number of amides is 6. The van der Waals surface area contributed by atoms with Crippen LogP contribution >= 0.6 is 0 Å². The molecule has 0 saturated heterocycles. The van der Waals surface area contributed by atoms with Crippen molar-refractivity contribution in [3.8, 4) is 0 Å². The van der Waals surface area contributed by atoms with Crippen molar-refractivity contribution in [1.82, 2.24) is 31.9 Å². The zero-order chi connectivity index (χ0) is 38.2. The van der Waals surface area contributed by atoms with Crippen molar-refractivity contribution in [3.05, 3.63) is 0 Å². The molecule has 0 aliphatic rings. The van der Waals surface area contributed by atoms with Crippen LogP contribution in [0.1, 0.15) is 68.2 Å². The lowest BCUT2D eigenvalue weighted by Gasteiger charge is -2.30. The van der Waals surface area contributed by atoms with Crippen molar-refractivity contribution in [2.75, 3.05) is 13.2 Å². The van der Waals surface area contributed by atoms with Gasteiger partial charge in [0.1, 0.15) is 30.2 Å². The normalized spacial score (nSPS) is 15.4. The Bertz CT molecular complexity index is 1190. The van der Waals surface area contributed by atoms with Gasteiger partial charge in [-0.15, -0.1) is 0 Å². The second kappa shape index (κ2) is 21.5. The fraction of sp³-hybridized carbons (Fsp3) is 0.733. The first-order valence-corrected chi connectivity index (χ1v) is 16.0. The Balaban J connectivity index is 6.05. The molecule has 0 fully saturated rings. The summed E-state index contributed by atoms with van der Waals surface area (Å²) in [6.07, 6.45) is -1.30. The first-order valence-electron chi connectivity index (χ1n) is 16.0. The summed E-state index contributed by atoms with van der Waals surface area (Å²) < 4.78 is 0. The molecule has 13 N–H and O–H groups in total. The van der Waals surface area contributed by atoms with Gasteiger partial charge in [0.15, 0.2) is 12.0 Å². The van der Waals surface area contributed by atoms with E-state index in [1.54, 1.807) is 41.5 Å². The number of guanidine groups is 1. The summed E-state index contributed by atoms with van der Waals surface area (Å²) in [7, 11) is 0. The SMILES string of the molecule is CC(=O)N[C@@H](CO)C(=O)N[C@H](C(=O)N[C@H](C(=O)N[C@H](C(=O)N[C@@H](CCCN=C(N)N)C(=O)N[C@H](C(=O)O)[C@@H](C)O)C(C)C)C(C)C)C(C)C. The summed E-state index contributed by atoms with van der Waals surface area (Å²) >= 11 is 0. The predicted molar refractivity (Wildman–Crippen MR) is 178 cm³/mol. The Morgan fingerprint density at radius 2 is 1.00 bits per heavy atom. The van der Waals surface area contributed by atoms with Crippen molar-refractivity contribution in [2.45, 2.75) is 111 Å². The van der Waals surface area contributed by atoms with E-state index < -0.39 is 108 Å². The lowest BCUT2D eigenvalue weighted by atomic mass is 9.97. The highest BCUT2D eigenvalue weighted by molar-refractivity contribution is 5.97. The maximum atomic E-state index is 13.5. The van der Waals surface area contributed by atoms with Gasteiger partial charge in [0.05, 0.1) is 12.7 Å². The molecule has 280 valence electrons. The lowest BCUT2D eigenvalue weighted by Crippen LogP contribution is -2.62. The first-order chi connectivity index (χ1) is 22.6. The van der Waals surface area contributed by atoms with Crippen molar-refractivity contribution < 1.29 is 48.9 Å². The van der Waals surface area contributed by atoms with Gasteiger partial charge in [-0.2, -0.15) is 0 Å². The van der Waals surface area contributed by atoms with Crippen LogP contribution in [-0.4, -0.2) is 118 Å². The minimum atomic E-state index is -1.67. The van der Waals surface area contributed by atoms with Crippen LogP contribution < -0.4 is 43.4 Å². The van der Waals surface area contributed by atoms with Crippen LogP contribution in [0.2, 0.25) is 0 Å². The average Bonchev–Trinajstić information content (AvgIpc) is 2.98. The lowest BCUT2D eigenvalue weighted by molar-refractivity contribution is -0.145. The van der Waals surface area contributed by atoms with Gasteiger partial charge in [-0.3, -0.25) is 33.8 Å². The molecule has 0 aromatic heterocycles. The maximum absolute atomic E-state index is 13.5. The molecule has 0 unspecified atom stereocenters. The number of nitrogens with one attached hydrogen (secondary N) is 6. The van der Waals surface area contributed by atoms with Crippen molar-refractivity contribution >= 4 is 47.4 Å². The maximum Gasteiger partial charge on any atom is 0.328 e. The fourth-order valence-corrected chi connectivity index (χ4v) is 4.46. The molecule has 0 saturated carbocycles. The van der Waals surface area contributed by atoms with Gasteiger partial charge in [0.25, 0.3) is 0 Å². The number of nitrogens with two attached hydrogens (primary N) is 2. The number of hydrogen-bond donors (Lipinski definition) is 11. The van der Waals surface area contributed by atoms with Gasteiger partial charge in [-0.1, -0.05) is 41.5 Å². The molecule has 0 aromatic carbocycles. The minimum Gasteiger partial charge on any atom is -0.480 e. The van der Waals surface area contributed by atoms with E-state index >= 15 is 0 Å². The third kappa shape index (κ3) is 16.0. The number of carboxylic acid groups (broad SMARTS) is 1. The highest BCUT2D eigenvalue weighted by Crippen LogP contribution is 2.11.